The Kier molecular flexibility index (Phi) is 4.93. The van der Waals surface area contributed by atoms with Gasteiger partial charge in [0.25, 0.3) is 0 Å². The lowest BCUT2D eigenvalue weighted by Gasteiger charge is -2.14. The Morgan fingerprint density at radius 1 is 1.29 bits per heavy atom. The molecule has 0 spiro atoms. The van der Waals surface area contributed by atoms with Crippen molar-refractivity contribution in [3.05, 3.63) is 59.4 Å². The van der Waals surface area contributed by atoms with Crippen molar-refractivity contribution < 1.29 is 9.53 Å². The highest BCUT2D eigenvalue weighted by molar-refractivity contribution is 5.79. The normalized spacial score (nSPS) is 11.8. The second-order valence-electron chi connectivity index (χ2n) is 5.05. The molecule has 4 heteroatoms. The average molecular weight is 284 g/mol. The molecule has 1 amide bonds. The van der Waals surface area contributed by atoms with Crippen LogP contribution in [-0.2, 0) is 11.2 Å². The number of nitrogens with zero attached hydrogens (tertiary/aromatic N) is 1. The summed E-state index contributed by atoms with van der Waals surface area (Å²) in [5.74, 6) is 0.799. The number of pyridine rings is 1. The third-order valence-corrected chi connectivity index (χ3v) is 3.42. The first-order chi connectivity index (χ1) is 10.1. The third kappa shape index (κ3) is 4.05. The fourth-order valence-electron chi connectivity index (χ4n) is 2.19. The number of nitrogens with one attached hydrogen (secondary N) is 1. The molecular weight excluding hydrogens is 264 g/mol. The van der Waals surface area contributed by atoms with E-state index in [1.807, 2.05) is 44.2 Å². The minimum Gasteiger partial charge on any atom is -0.496 e. The number of benzene rings is 1. The van der Waals surface area contributed by atoms with Gasteiger partial charge in [-0.3, -0.25) is 9.78 Å². The van der Waals surface area contributed by atoms with Crippen molar-refractivity contribution in [2.75, 3.05) is 7.11 Å². The van der Waals surface area contributed by atoms with E-state index in [1.165, 1.54) is 0 Å². The van der Waals surface area contributed by atoms with Crippen molar-refractivity contribution in [3.63, 3.8) is 0 Å². The molecule has 21 heavy (non-hydrogen) atoms. The van der Waals surface area contributed by atoms with Gasteiger partial charge in [-0.15, -0.1) is 0 Å². The molecule has 1 aromatic heterocycles. The van der Waals surface area contributed by atoms with Crippen LogP contribution in [0.1, 0.15) is 29.7 Å². The zero-order valence-corrected chi connectivity index (χ0v) is 12.6. The number of aryl methyl sites for hydroxylation is 1. The number of rotatable bonds is 5. The smallest absolute Gasteiger partial charge is 0.224 e. The van der Waals surface area contributed by atoms with Gasteiger partial charge >= 0.3 is 0 Å². The van der Waals surface area contributed by atoms with Gasteiger partial charge in [-0.2, -0.15) is 0 Å². The highest BCUT2D eigenvalue weighted by Gasteiger charge is 2.10. The second kappa shape index (κ2) is 6.88. The van der Waals surface area contributed by atoms with Gasteiger partial charge < -0.3 is 10.1 Å². The van der Waals surface area contributed by atoms with Gasteiger partial charge in [-0.1, -0.05) is 12.1 Å². The first-order valence-corrected chi connectivity index (χ1v) is 6.93. The molecule has 0 fully saturated rings. The molecule has 0 aliphatic heterocycles. The summed E-state index contributed by atoms with van der Waals surface area (Å²) in [5.41, 5.74) is 3.04. The maximum atomic E-state index is 12.1. The molecule has 2 rings (SSSR count). The molecule has 1 aromatic carbocycles. The van der Waals surface area contributed by atoms with Gasteiger partial charge in [0.2, 0.25) is 5.91 Å². The molecule has 2 aromatic rings. The van der Waals surface area contributed by atoms with Gasteiger partial charge in [0.15, 0.2) is 0 Å². The van der Waals surface area contributed by atoms with Crippen molar-refractivity contribution >= 4 is 5.91 Å². The van der Waals surface area contributed by atoms with Gasteiger partial charge in [0.1, 0.15) is 5.75 Å². The lowest BCUT2D eigenvalue weighted by Crippen LogP contribution is -2.28. The van der Waals surface area contributed by atoms with Gasteiger partial charge in [-0.25, -0.2) is 0 Å². The molecule has 0 saturated heterocycles. The quantitative estimate of drug-likeness (QED) is 0.918. The fraction of sp³-hybridized carbons (Fsp3) is 0.294. The lowest BCUT2D eigenvalue weighted by atomic mass is 10.1. The molecule has 4 nitrogen and oxygen atoms in total. The molecule has 1 atom stereocenters. The number of methoxy groups -OCH3 is 1. The van der Waals surface area contributed by atoms with Gasteiger partial charge in [0, 0.05) is 12.4 Å². The van der Waals surface area contributed by atoms with Crippen LogP contribution in [0.15, 0.2) is 42.7 Å². The second-order valence-corrected chi connectivity index (χ2v) is 5.05. The zero-order valence-electron chi connectivity index (χ0n) is 12.6. The number of aromatic nitrogens is 1. The standard InChI is InChI=1S/C17H20N2O2/c1-12-4-5-14(10-16(12)21-3)11-17(20)19-13(2)15-6-8-18-9-7-15/h4-10,13H,11H2,1-3H3,(H,19,20). The third-order valence-electron chi connectivity index (χ3n) is 3.42. The van der Waals surface area contributed by atoms with Gasteiger partial charge in [-0.05, 0) is 48.7 Å². The van der Waals surface area contributed by atoms with E-state index in [9.17, 15) is 4.79 Å². The van der Waals surface area contributed by atoms with Crippen molar-refractivity contribution in [3.8, 4) is 5.75 Å². The van der Waals surface area contributed by atoms with E-state index < -0.39 is 0 Å². The largest absolute Gasteiger partial charge is 0.496 e. The first-order valence-electron chi connectivity index (χ1n) is 6.93. The van der Waals surface area contributed by atoms with E-state index >= 15 is 0 Å². The Morgan fingerprint density at radius 3 is 2.67 bits per heavy atom. The van der Waals surface area contributed by atoms with Crippen LogP contribution in [0.2, 0.25) is 0 Å². The van der Waals surface area contributed by atoms with E-state index in [0.29, 0.717) is 6.42 Å². The summed E-state index contributed by atoms with van der Waals surface area (Å²) in [4.78, 5) is 16.1. The number of hydrogen-bond acceptors (Lipinski definition) is 3. The van der Waals surface area contributed by atoms with Crippen LogP contribution in [0, 0.1) is 6.92 Å². The first kappa shape index (κ1) is 15.0. The molecule has 0 bridgehead atoms. The molecule has 1 N–H and O–H groups in total. The summed E-state index contributed by atoms with van der Waals surface area (Å²) in [6.07, 6.45) is 3.79. The van der Waals surface area contributed by atoms with Crippen LogP contribution in [0.25, 0.3) is 0 Å². The maximum absolute atomic E-state index is 12.1. The van der Waals surface area contributed by atoms with Crippen LogP contribution in [-0.4, -0.2) is 18.0 Å². The Balaban J connectivity index is 1.99. The van der Waals surface area contributed by atoms with Crippen molar-refractivity contribution in [1.29, 1.82) is 0 Å². The van der Waals surface area contributed by atoms with Crippen LogP contribution in [0.5, 0.6) is 5.75 Å². The minimum atomic E-state index is -0.0344. The van der Waals surface area contributed by atoms with Crippen LogP contribution >= 0.6 is 0 Å². The van der Waals surface area contributed by atoms with Crippen LogP contribution in [0.3, 0.4) is 0 Å². The lowest BCUT2D eigenvalue weighted by molar-refractivity contribution is -0.121. The summed E-state index contributed by atoms with van der Waals surface area (Å²) in [5, 5.41) is 2.99. The summed E-state index contributed by atoms with van der Waals surface area (Å²) in [7, 11) is 1.64. The highest BCUT2D eigenvalue weighted by atomic mass is 16.5. The Morgan fingerprint density at radius 2 is 2.00 bits per heavy atom. The van der Waals surface area contributed by atoms with E-state index in [4.69, 9.17) is 4.74 Å². The number of amides is 1. The summed E-state index contributed by atoms with van der Waals surface area (Å²) in [6, 6.07) is 9.60. The predicted molar refractivity (Wildman–Crippen MR) is 82.2 cm³/mol. The molecule has 0 radical (unpaired) electrons. The summed E-state index contributed by atoms with van der Waals surface area (Å²) < 4.78 is 5.28. The SMILES string of the molecule is COc1cc(CC(=O)NC(C)c2ccncc2)ccc1C. The number of carbonyl (C=O) groups is 1. The van der Waals surface area contributed by atoms with E-state index in [-0.39, 0.29) is 11.9 Å². The number of ether oxygens (including phenoxy) is 1. The number of hydrogen-bond donors (Lipinski definition) is 1. The molecule has 110 valence electrons. The molecule has 1 unspecified atom stereocenters. The molecular formula is C17H20N2O2. The topological polar surface area (TPSA) is 51.2 Å². The van der Waals surface area contributed by atoms with Crippen molar-refractivity contribution in [2.45, 2.75) is 26.3 Å². The van der Waals surface area contributed by atoms with Crippen LogP contribution < -0.4 is 10.1 Å². The van der Waals surface area contributed by atoms with Crippen LogP contribution in [0.4, 0.5) is 0 Å². The van der Waals surface area contributed by atoms with E-state index in [1.54, 1.807) is 19.5 Å². The average Bonchev–Trinajstić information content (AvgIpc) is 2.50. The molecule has 0 aliphatic carbocycles. The number of carbonyl (C=O) groups excluding carboxylic acids is 1. The van der Waals surface area contributed by atoms with Crippen molar-refractivity contribution in [1.82, 2.24) is 10.3 Å². The van der Waals surface area contributed by atoms with E-state index in [2.05, 4.69) is 10.3 Å². The van der Waals surface area contributed by atoms with Crippen molar-refractivity contribution in [2.24, 2.45) is 0 Å². The Labute approximate surface area is 125 Å². The fourth-order valence-corrected chi connectivity index (χ4v) is 2.19. The zero-order chi connectivity index (χ0) is 15.2. The van der Waals surface area contributed by atoms with Gasteiger partial charge in [0.05, 0.1) is 19.6 Å². The summed E-state index contributed by atoms with van der Waals surface area (Å²) >= 11 is 0. The molecule has 0 aliphatic rings. The Hall–Kier alpha value is -2.36. The molecule has 1 heterocycles. The highest BCUT2D eigenvalue weighted by Crippen LogP contribution is 2.19. The Bertz CT molecular complexity index is 611. The monoisotopic (exact) mass is 284 g/mol. The minimum absolute atomic E-state index is 0.00906. The maximum Gasteiger partial charge on any atom is 0.224 e. The summed E-state index contributed by atoms with van der Waals surface area (Å²) in [6.45, 7) is 3.94. The molecule has 0 saturated carbocycles. The predicted octanol–water partition coefficient (Wildman–Crippen LogP) is 2.82. The van der Waals surface area contributed by atoms with E-state index in [0.717, 1.165) is 22.4 Å².